The molecule has 13 heavy (non-hydrogen) atoms. The van der Waals surface area contributed by atoms with Crippen LogP contribution in [0.5, 0.6) is 0 Å². The minimum Gasteiger partial charge on any atom is -0.471 e. The first-order valence-electron chi connectivity index (χ1n) is 4.02. The van der Waals surface area contributed by atoms with Gasteiger partial charge in [0.1, 0.15) is 6.61 Å². The van der Waals surface area contributed by atoms with Crippen molar-refractivity contribution in [1.82, 2.24) is 0 Å². The van der Waals surface area contributed by atoms with Gasteiger partial charge in [0.2, 0.25) is 6.29 Å². The molecular weight excluding hydrogens is 176 g/mol. The van der Waals surface area contributed by atoms with E-state index in [1.807, 2.05) is 0 Å². The van der Waals surface area contributed by atoms with Gasteiger partial charge in [0.25, 0.3) is 0 Å². The molecule has 0 bridgehead atoms. The van der Waals surface area contributed by atoms with Crippen LogP contribution in [0.4, 0.5) is 0 Å². The predicted octanol–water partition coefficient (Wildman–Crippen LogP) is -0.510. The zero-order chi connectivity index (χ0) is 9.94. The molecule has 0 aromatic heterocycles. The summed E-state index contributed by atoms with van der Waals surface area (Å²) in [5, 5.41) is 17.3. The smallest absolute Gasteiger partial charge is 0.220 e. The number of ether oxygens (including phenoxy) is 3. The van der Waals surface area contributed by atoms with Crippen LogP contribution in [-0.4, -0.2) is 49.5 Å². The fourth-order valence-electron chi connectivity index (χ4n) is 0.619. The summed E-state index contributed by atoms with van der Waals surface area (Å²) < 4.78 is 14.5. The van der Waals surface area contributed by atoms with E-state index in [4.69, 9.17) is 19.7 Å². The van der Waals surface area contributed by atoms with Gasteiger partial charge in [-0.05, 0) is 0 Å². The van der Waals surface area contributed by atoms with E-state index in [9.17, 15) is 0 Å². The lowest BCUT2D eigenvalue weighted by Crippen LogP contribution is -2.18. The molecule has 0 aliphatic rings. The first-order chi connectivity index (χ1) is 6.31. The normalized spacial score (nSPS) is 12.5. The van der Waals surface area contributed by atoms with Gasteiger partial charge in [-0.3, -0.25) is 0 Å². The zero-order valence-electron chi connectivity index (χ0n) is 7.52. The largest absolute Gasteiger partial charge is 0.471 e. The van der Waals surface area contributed by atoms with Gasteiger partial charge in [0.15, 0.2) is 0 Å². The second-order valence-electron chi connectivity index (χ2n) is 2.17. The van der Waals surface area contributed by atoms with Gasteiger partial charge in [-0.1, -0.05) is 6.58 Å². The van der Waals surface area contributed by atoms with Crippen molar-refractivity contribution in [2.24, 2.45) is 0 Å². The highest BCUT2D eigenvalue weighted by molar-refractivity contribution is 4.50. The van der Waals surface area contributed by atoms with Crippen molar-refractivity contribution in [1.29, 1.82) is 0 Å². The lowest BCUT2D eigenvalue weighted by molar-refractivity contribution is -0.107. The van der Waals surface area contributed by atoms with Crippen LogP contribution < -0.4 is 0 Å². The molecule has 5 heteroatoms. The molecule has 0 aliphatic carbocycles. The van der Waals surface area contributed by atoms with Crippen molar-refractivity contribution < 1.29 is 24.4 Å². The fraction of sp³-hybridized carbons (Fsp3) is 0.750. The summed E-state index contributed by atoms with van der Waals surface area (Å²) in [4.78, 5) is 0. The molecule has 0 aromatic carbocycles. The number of aliphatic hydroxyl groups is 2. The molecule has 0 aromatic rings. The first kappa shape index (κ1) is 12.4. The van der Waals surface area contributed by atoms with Crippen LogP contribution in [-0.2, 0) is 14.2 Å². The maximum Gasteiger partial charge on any atom is 0.220 e. The van der Waals surface area contributed by atoms with E-state index < -0.39 is 6.29 Å². The molecule has 1 unspecified atom stereocenters. The van der Waals surface area contributed by atoms with E-state index in [-0.39, 0.29) is 13.2 Å². The summed E-state index contributed by atoms with van der Waals surface area (Å²) in [6.45, 7) is 4.41. The van der Waals surface area contributed by atoms with Crippen LogP contribution in [0.3, 0.4) is 0 Å². The standard InChI is InChI=1S/C8H16O5/c1-2-13-8(10)7-12-6-5-11-4-3-9/h2,8-10H,1,3-7H2. The van der Waals surface area contributed by atoms with E-state index in [0.717, 1.165) is 6.26 Å². The van der Waals surface area contributed by atoms with E-state index in [1.165, 1.54) is 0 Å². The molecule has 0 saturated carbocycles. The van der Waals surface area contributed by atoms with Crippen LogP contribution >= 0.6 is 0 Å². The van der Waals surface area contributed by atoms with E-state index >= 15 is 0 Å². The van der Waals surface area contributed by atoms with Crippen LogP contribution in [0.15, 0.2) is 12.8 Å². The average molecular weight is 192 g/mol. The molecule has 1 atom stereocenters. The SMILES string of the molecule is C=COC(O)COCCOCCO. The van der Waals surface area contributed by atoms with Crippen molar-refractivity contribution in [3.8, 4) is 0 Å². The molecule has 0 radical (unpaired) electrons. The quantitative estimate of drug-likeness (QED) is 0.292. The van der Waals surface area contributed by atoms with Crippen molar-refractivity contribution in [3.05, 3.63) is 12.8 Å². The van der Waals surface area contributed by atoms with Gasteiger partial charge in [-0.15, -0.1) is 0 Å². The Labute approximate surface area is 77.5 Å². The molecular formula is C8H16O5. The summed E-state index contributed by atoms with van der Waals surface area (Å²) in [5.74, 6) is 0. The van der Waals surface area contributed by atoms with Crippen LogP contribution in [0, 0.1) is 0 Å². The predicted molar refractivity (Wildman–Crippen MR) is 46.0 cm³/mol. The molecule has 0 saturated heterocycles. The average Bonchev–Trinajstić information content (AvgIpc) is 2.11. The summed E-state index contributed by atoms with van der Waals surface area (Å²) in [7, 11) is 0. The Morgan fingerprint density at radius 3 is 2.54 bits per heavy atom. The highest BCUT2D eigenvalue weighted by Crippen LogP contribution is 1.88. The monoisotopic (exact) mass is 192 g/mol. The fourth-order valence-corrected chi connectivity index (χ4v) is 0.619. The van der Waals surface area contributed by atoms with Crippen molar-refractivity contribution >= 4 is 0 Å². The Hall–Kier alpha value is -0.620. The third-order valence-electron chi connectivity index (χ3n) is 1.12. The highest BCUT2D eigenvalue weighted by atomic mass is 16.6. The summed E-state index contributed by atoms with van der Waals surface area (Å²) in [6, 6.07) is 0. The van der Waals surface area contributed by atoms with Gasteiger partial charge in [-0.25, -0.2) is 0 Å². The zero-order valence-corrected chi connectivity index (χ0v) is 7.52. The minimum absolute atomic E-state index is 0.00218. The Morgan fingerprint density at radius 1 is 1.23 bits per heavy atom. The third kappa shape index (κ3) is 9.29. The molecule has 0 spiro atoms. The minimum atomic E-state index is -0.977. The van der Waals surface area contributed by atoms with E-state index in [1.54, 1.807) is 0 Å². The third-order valence-corrected chi connectivity index (χ3v) is 1.12. The van der Waals surface area contributed by atoms with Crippen LogP contribution in [0.25, 0.3) is 0 Å². The van der Waals surface area contributed by atoms with E-state index in [0.29, 0.717) is 19.8 Å². The summed E-state index contributed by atoms with van der Waals surface area (Å²) >= 11 is 0. The second kappa shape index (κ2) is 9.47. The molecule has 5 nitrogen and oxygen atoms in total. The molecule has 0 heterocycles. The van der Waals surface area contributed by atoms with Gasteiger partial charge in [0, 0.05) is 0 Å². The Kier molecular flexibility index (Phi) is 9.02. The number of aliphatic hydroxyl groups excluding tert-OH is 2. The Bertz CT molecular complexity index is 117. The lowest BCUT2D eigenvalue weighted by atomic mass is 10.6. The Morgan fingerprint density at radius 2 is 1.92 bits per heavy atom. The van der Waals surface area contributed by atoms with Gasteiger partial charge in [-0.2, -0.15) is 0 Å². The topological polar surface area (TPSA) is 68.2 Å². The van der Waals surface area contributed by atoms with Crippen molar-refractivity contribution in [3.63, 3.8) is 0 Å². The van der Waals surface area contributed by atoms with Crippen molar-refractivity contribution in [2.45, 2.75) is 6.29 Å². The second-order valence-corrected chi connectivity index (χ2v) is 2.17. The molecule has 0 rings (SSSR count). The Balaban J connectivity index is 3.01. The number of rotatable bonds is 9. The lowest BCUT2D eigenvalue weighted by Gasteiger charge is -2.10. The molecule has 78 valence electrons. The van der Waals surface area contributed by atoms with Gasteiger partial charge in [0.05, 0.1) is 32.7 Å². The number of hydrogen-bond donors (Lipinski definition) is 2. The molecule has 0 fully saturated rings. The summed E-state index contributed by atoms with van der Waals surface area (Å²) in [6.07, 6.45) is 0.173. The van der Waals surface area contributed by atoms with Gasteiger partial charge >= 0.3 is 0 Å². The first-order valence-corrected chi connectivity index (χ1v) is 4.02. The molecule has 0 amide bonds. The molecule has 0 aliphatic heterocycles. The van der Waals surface area contributed by atoms with Crippen LogP contribution in [0.1, 0.15) is 0 Å². The van der Waals surface area contributed by atoms with Crippen LogP contribution in [0.2, 0.25) is 0 Å². The van der Waals surface area contributed by atoms with Crippen molar-refractivity contribution in [2.75, 3.05) is 33.0 Å². The highest BCUT2D eigenvalue weighted by Gasteiger charge is 2.00. The maximum absolute atomic E-state index is 8.95. The van der Waals surface area contributed by atoms with E-state index in [2.05, 4.69) is 11.3 Å². The molecule has 2 N–H and O–H groups in total. The maximum atomic E-state index is 8.95. The van der Waals surface area contributed by atoms with Gasteiger partial charge < -0.3 is 24.4 Å². The number of hydrogen-bond acceptors (Lipinski definition) is 5. The summed E-state index contributed by atoms with van der Waals surface area (Å²) in [5.41, 5.74) is 0.